The lowest BCUT2D eigenvalue weighted by Crippen LogP contribution is -1.96. The first-order valence-electron chi connectivity index (χ1n) is 5.05. The lowest BCUT2D eigenvalue weighted by Gasteiger charge is -2.06. The molecular weight excluding hydrogens is 256 g/mol. The Kier molecular flexibility index (Phi) is 3.59. The summed E-state index contributed by atoms with van der Waals surface area (Å²) in [6.45, 7) is 5.82. The maximum Gasteiger partial charge on any atom is 0.194 e. The van der Waals surface area contributed by atoms with E-state index in [2.05, 4.69) is 20.2 Å². The zero-order chi connectivity index (χ0) is 12.4. The number of aromatic nitrogens is 4. The van der Waals surface area contributed by atoms with E-state index in [-0.39, 0.29) is 0 Å². The smallest absolute Gasteiger partial charge is 0.194 e. The summed E-state index contributed by atoms with van der Waals surface area (Å²) in [5.41, 5.74) is 2.88. The molecule has 2 aromatic rings. The van der Waals surface area contributed by atoms with Crippen molar-refractivity contribution in [3.8, 4) is 0 Å². The molecule has 0 bridgehead atoms. The second kappa shape index (κ2) is 4.98. The van der Waals surface area contributed by atoms with E-state index < -0.39 is 0 Å². The van der Waals surface area contributed by atoms with Crippen LogP contribution in [0.2, 0.25) is 5.15 Å². The highest BCUT2D eigenvalue weighted by Gasteiger charge is 2.10. The van der Waals surface area contributed by atoms with Gasteiger partial charge in [-0.1, -0.05) is 11.6 Å². The number of nitrogens with zero attached hydrogens (tertiary/aromatic N) is 4. The fraction of sp³-hybridized carbons (Fsp3) is 0.273. The van der Waals surface area contributed by atoms with Gasteiger partial charge < -0.3 is 0 Å². The molecule has 88 valence electrons. The van der Waals surface area contributed by atoms with Crippen LogP contribution in [-0.2, 0) is 0 Å². The number of hydrogen-bond donors (Lipinski definition) is 0. The van der Waals surface area contributed by atoms with E-state index in [9.17, 15) is 0 Å². The van der Waals surface area contributed by atoms with Crippen LogP contribution in [-0.4, -0.2) is 20.2 Å². The molecule has 0 saturated carbocycles. The average molecular weight is 267 g/mol. The first kappa shape index (κ1) is 12.3. The van der Waals surface area contributed by atoms with E-state index in [1.165, 1.54) is 11.8 Å². The van der Waals surface area contributed by atoms with Crippen LogP contribution in [0.4, 0.5) is 0 Å². The summed E-state index contributed by atoms with van der Waals surface area (Å²) >= 11 is 7.30. The van der Waals surface area contributed by atoms with Gasteiger partial charge in [0, 0.05) is 11.9 Å². The van der Waals surface area contributed by atoms with E-state index in [1.807, 2.05) is 26.8 Å². The highest BCUT2D eigenvalue weighted by Crippen LogP contribution is 2.28. The highest BCUT2D eigenvalue weighted by molar-refractivity contribution is 7.99. The van der Waals surface area contributed by atoms with Gasteiger partial charge in [-0.25, -0.2) is 9.97 Å². The van der Waals surface area contributed by atoms with E-state index in [0.717, 1.165) is 21.8 Å². The first-order valence-corrected chi connectivity index (χ1v) is 6.24. The van der Waals surface area contributed by atoms with Crippen molar-refractivity contribution in [3.63, 3.8) is 0 Å². The van der Waals surface area contributed by atoms with Crippen LogP contribution >= 0.6 is 23.4 Å². The molecule has 0 aromatic carbocycles. The molecule has 0 fully saturated rings. The van der Waals surface area contributed by atoms with Gasteiger partial charge >= 0.3 is 0 Å². The van der Waals surface area contributed by atoms with Crippen molar-refractivity contribution >= 4 is 23.4 Å². The fourth-order valence-electron chi connectivity index (χ4n) is 1.21. The molecule has 17 heavy (non-hydrogen) atoms. The molecule has 2 aromatic heterocycles. The summed E-state index contributed by atoms with van der Waals surface area (Å²) in [6, 6.07) is 1.86. The largest absolute Gasteiger partial charge is 0.231 e. The predicted octanol–water partition coefficient (Wildman–Crippen LogP) is 3.00. The minimum absolute atomic E-state index is 0.442. The van der Waals surface area contributed by atoms with Crippen LogP contribution in [0, 0.1) is 20.8 Å². The Hall–Kier alpha value is -1.20. The quantitative estimate of drug-likeness (QED) is 0.782. The van der Waals surface area contributed by atoms with Crippen LogP contribution in [0.15, 0.2) is 22.4 Å². The summed E-state index contributed by atoms with van der Waals surface area (Å²) in [5, 5.41) is 9.86. The molecule has 0 atom stereocenters. The summed E-state index contributed by atoms with van der Waals surface area (Å²) in [7, 11) is 0. The Bertz CT molecular complexity index is 559. The predicted molar refractivity (Wildman–Crippen MR) is 67.4 cm³/mol. The van der Waals surface area contributed by atoms with Crippen molar-refractivity contribution in [1.29, 1.82) is 0 Å². The normalized spacial score (nSPS) is 10.6. The molecule has 0 aliphatic carbocycles. The van der Waals surface area contributed by atoms with Gasteiger partial charge in [-0.2, -0.15) is 0 Å². The molecule has 2 rings (SSSR count). The number of hydrogen-bond acceptors (Lipinski definition) is 5. The van der Waals surface area contributed by atoms with Gasteiger partial charge in [0.05, 0.1) is 0 Å². The molecule has 0 unspecified atom stereocenters. The SMILES string of the molecule is Cc1ccnc(Sc2nnc(Cl)c(C)c2C)n1. The van der Waals surface area contributed by atoms with Gasteiger partial charge in [0.15, 0.2) is 10.3 Å². The van der Waals surface area contributed by atoms with Crippen molar-refractivity contribution in [2.45, 2.75) is 31.0 Å². The third-order valence-electron chi connectivity index (χ3n) is 2.38. The molecule has 0 aliphatic heterocycles. The minimum atomic E-state index is 0.442. The van der Waals surface area contributed by atoms with Crippen LogP contribution < -0.4 is 0 Å². The second-order valence-electron chi connectivity index (χ2n) is 3.63. The average Bonchev–Trinajstić information content (AvgIpc) is 2.30. The molecule has 2 heterocycles. The third kappa shape index (κ3) is 2.73. The second-order valence-corrected chi connectivity index (χ2v) is 4.94. The van der Waals surface area contributed by atoms with E-state index in [4.69, 9.17) is 11.6 Å². The van der Waals surface area contributed by atoms with Gasteiger partial charge in [-0.15, -0.1) is 10.2 Å². The lowest BCUT2D eigenvalue weighted by atomic mass is 10.2. The zero-order valence-corrected chi connectivity index (χ0v) is 11.3. The Morgan fingerprint density at radius 2 is 1.88 bits per heavy atom. The molecule has 0 spiro atoms. The van der Waals surface area contributed by atoms with Crippen molar-refractivity contribution in [3.05, 3.63) is 34.2 Å². The third-order valence-corrected chi connectivity index (χ3v) is 3.70. The van der Waals surface area contributed by atoms with Crippen molar-refractivity contribution < 1.29 is 0 Å². The van der Waals surface area contributed by atoms with Gasteiger partial charge in [0.25, 0.3) is 0 Å². The van der Waals surface area contributed by atoms with Gasteiger partial charge in [0.2, 0.25) is 0 Å². The van der Waals surface area contributed by atoms with Crippen molar-refractivity contribution in [1.82, 2.24) is 20.2 Å². The Balaban J connectivity index is 2.34. The molecule has 0 saturated heterocycles. The van der Waals surface area contributed by atoms with E-state index >= 15 is 0 Å². The Labute approximate surface area is 109 Å². The summed E-state index contributed by atoms with van der Waals surface area (Å²) in [4.78, 5) is 8.49. The maximum absolute atomic E-state index is 5.90. The Morgan fingerprint density at radius 3 is 2.59 bits per heavy atom. The molecule has 0 N–H and O–H groups in total. The summed E-state index contributed by atoms with van der Waals surface area (Å²) < 4.78 is 0. The standard InChI is InChI=1S/C11H11ClN4S/c1-6-4-5-13-11(14-6)17-10-8(3)7(2)9(12)15-16-10/h4-5H,1-3H3. The molecule has 4 nitrogen and oxygen atoms in total. The maximum atomic E-state index is 5.90. The Morgan fingerprint density at radius 1 is 1.12 bits per heavy atom. The van der Waals surface area contributed by atoms with Gasteiger partial charge in [-0.3, -0.25) is 0 Å². The van der Waals surface area contributed by atoms with Gasteiger partial charge in [-0.05, 0) is 49.7 Å². The van der Waals surface area contributed by atoms with Crippen LogP contribution in [0.5, 0.6) is 0 Å². The number of halogens is 1. The topological polar surface area (TPSA) is 51.6 Å². The van der Waals surface area contributed by atoms with Crippen molar-refractivity contribution in [2.75, 3.05) is 0 Å². The van der Waals surface area contributed by atoms with E-state index in [0.29, 0.717) is 10.3 Å². The zero-order valence-electron chi connectivity index (χ0n) is 9.73. The van der Waals surface area contributed by atoms with Crippen molar-refractivity contribution in [2.24, 2.45) is 0 Å². The fourth-order valence-corrected chi connectivity index (χ4v) is 2.26. The molecule has 0 radical (unpaired) electrons. The summed E-state index contributed by atoms with van der Waals surface area (Å²) in [6.07, 6.45) is 1.73. The molecular formula is C11H11ClN4S. The molecule has 0 amide bonds. The molecule has 6 heteroatoms. The highest BCUT2D eigenvalue weighted by atomic mass is 35.5. The van der Waals surface area contributed by atoms with Crippen LogP contribution in [0.3, 0.4) is 0 Å². The molecule has 0 aliphatic rings. The van der Waals surface area contributed by atoms with Crippen LogP contribution in [0.1, 0.15) is 16.8 Å². The van der Waals surface area contributed by atoms with Gasteiger partial charge in [0.1, 0.15) is 5.03 Å². The monoisotopic (exact) mass is 266 g/mol. The number of rotatable bonds is 2. The number of aryl methyl sites for hydroxylation is 1. The summed E-state index contributed by atoms with van der Waals surface area (Å²) in [5.74, 6) is 0. The minimum Gasteiger partial charge on any atom is -0.231 e. The lowest BCUT2D eigenvalue weighted by molar-refractivity contribution is 0.876. The van der Waals surface area contributed by atoms with Crippen LogP contribution in [0.25, 0.3) is 0 Å². The van der Waals surface area contributed by atoms with E-state index in [1.54, 1.807) is 6.20 Å². The first-order chi connectivity index (χ1) is 8.08.